The quantitative estimate of drug-likeness (QED) is 0.0389. The number of aliphatic hydroxyl groups excluding tert-OH is 2. The SMILES string of the molecule is CO[C@H]1C[C@@H]2CC[C@@H](C)C(O2)C(=O)C(=O)N2CCCC[C@H]2C(=O)O[C@H]([C@H](N)C[C@@H]2CC[C@@H](OC(=O)N3CCc4nc(N5CCN(c6ncc(C(=O)N7CCN(c8ncc(C(=O)N9CCc%10cc(Cn%11nc(-c%12ccc%13oc(N)nc%13c%12)c%12c(N)ncnc%12%11)ccc%10C9)cn8)CC7)cn6)CC5)ncc4C3)[C@H](OC)C2)CC(=O)[C@H](C)/C=C(\C)[C@@H](O)[C@@H](O)C(=O)[C@H](C)C[C@H](C)/C=C/C=CC=C1C. The van der Waals surface area contributed by atoms with Gasteiger partial charge in [0.2, 0.25) is 23.6 Å². The Balaban J connectivity index is 0.483. The highest BCUT2D eigenvalue weighted by atomic mass is 16.6. The number of aromatic nitrogens is 11. The summed E-state index contributed by atoms with van der Waals surface area (Å²) in [6.45, 7) is 16.8. The maximum absolute atomic E-state index is 14.8. The zero-order valence-corrected chi connectivity index (χ0v) is 77.2. The van der Waals surface area contributed by atoms with Gasteiger partial charge in [-0.3, -0.25) is 28.8 Å². The van der Waals surface area contributed by atoms with Gasteiger partial charge in [-0.1, -0.05) is 82.4 Å². The number of benzene rings is 2. The number of nitrogen functional groups attached to an aromatic ring is 2. The number of Topliss-reactive ketones (excluding diaryl/α,β-unsaturated/α-hetero) is 3. The third-order valence-corrected chi connectivity index (χ3v) is 27.8. The molecule has 15 atom stereocenters. The van der Waals surface area contributed by atoms with Gasteiger partial charge in [-0.15, -0.1) is 0 Å². The molecule has 2 bridgehead atoms. The highest BCUT2D eigenvalue weighted by Crippen LogP contribution is 2.39. The van der Waals surface area contributed by atoms with Crippen molar-refractivity contribution in [3.05, 3.63) is 160 Å². The number of piperazine rings is 2. The molecule has 8 aliphatic rings. The number of nitrogens with zero attached hydrogens (tertiary/aromatic N) is 18. The van der Waals surface area contributed by atoms with Gasteiger partial charge in [0.05, 0.1) is 53.6 Å². The molecule has 2 aromatic carbocycles. The second kappa shape index (κ2) is 42.0. The molecular weight excluding hydrogens is 1720 g/mol. The topological polar surface area (TPSA) is 471 Å². The van der Waals surface area contributed by atoms with Gasteiger partial charge in [-0.05, 0) is 148 Å². The number of nitrogens with two attached hydrogens (primary N) is 3. The lowest BCUT2D eigenvalue weighted by Gasteiger charge is -2.39. The number of fused-ring (bicyclic) bond motifs is 7. The van der Waals surface area contributed by atoms with Crippen LogP contribution < -0.4 is 31.9 Å². The van der Waals surface area contributed by atoms with Crippen LogP contribution in [0.5, 0.6) is 0 Å². The van der Waals surface area contributed by atoms with E-state index in [1.807, 2.05) is 83.8 Å². The summed E-state index contributed by atoms with van der Waals surface area (Å²) in [7, 11) is 3.17. The summed E-state index contributed by atoms with van der Waals surface area (Å²) in [4.78, 5) is 168. The van der Waals surface area contributed by atoms with E-state index in [0.717, 1.165) is 39.1 Å². The van der Waals surface area contributed by atoms with E-state index < -0.39 is 102 Å². The maximum Gasteiger partial charge on any atom is 0.410 e. The number of allylic oxidation sites excluding steroid dienone is 6. The molecule has 5 fully saturated rings. The molecule has 4 saturated heterocycles. The maximum atomic E-state index is 14.8. The van der Waals surface area contributed by atoms with Crippen molar-refractivity contribution in [2.75, 3.05) is 112 Å². The summed E-state index contributed by atoms with van der Waals surface area (Å²) in [5, 5.41) is 28.2. The number of ketones is 3. The molecule has 13 heterocycles. The van der Waals surface area contributed by atoms with Crippen molar-refractivity contribution in [3.63, 3.8) is 0 Å². The van der Waals surface area contributed by atoms with Crippen molar-refractivity contribution in [3.8, 4) is 11.3 Å². The predicted molar refractivity (Wildman–Crippen MR) is 496 cm³/mol. The normalized spacial score (nSPS) is 26.9. The third-order valence-electron chi connectivity index (χ3n) is 27.8. The molecule has 8 N–H and O–H groups in total. The monoisotopic (exact) mass is 1840 g/mol. The second-order valence-electron chi connectivity index (χ2n) is 37.2. The number of piperidine rings is 1. The number of cyclic esters (lactones) is 1. The Bertz CT molecular complexity index is 5770. The van der Waals surface area contributed by atoms with Crippen molar-refractivity contribution < 1.29 is 76.7 Å². The van der Waals surface area contributed by atoms with Crippen LogP contribution >= 0.6 is 0 Å². The van der Waals surface area contributed by atoms with E-state index in [1.165, 1.54) is 24.2 Å². The lowest BCUT2D eigenvalue weighted by Crippen LogP contribution is -2.55. The van der Waals surface area contributed by atoms with Crippen LogP contribution in [0.1, 0.15) is 167 Å². The molecule has 710 valence electrons. The number of ether oxygens (including phenoxy) is 5. The molecule has 16 rings (SSSR count). The predicted octanol–water partition coefficient (Wildman–Crippen LogP) is 8.12. The lowest BCUT2D eigenvalue weighted by molar-refractivity contribution is -0.169. The number of hydrogen-bond acceptors (Lipinski definition) is 32. The number of esters is 1. The van der Waals surface area contributed by atoms with Crippen LogP contribution in [0, 0.1) is 29.6 Å². The molecule has 37 heteroatoms. The summed E-state index contributed by atoms with van der Waals surface area (Å²) < 4.78 is 38.3. The molecule has 1 aliphatic carbocycles. The molecular formula is C97H121N21O16. The minimum Gasteiger partial charge on any atom is -0.459 e. The molecule has 1 unspecified atom stereocenters. The molecule has 6 aromatic heterocycles. The van der Waals surface area contributed by atoms with Crippen LogP contribution in [-0.4, -0.2) is 279 Å². The van der Waals surface area contributed by atoms with E-state index in [9.17, 15) is 48.6 Å². The fourth-order valence-electron chi connectivity index (χ4n) is 19.8. The Morgan fingerprint density at radius 2 is 1.34 bits per heavy atom. The minimum absolute atomic E-state index is 0.0652. The van der Waals surface area contributed by atoms with Gasteiger partial charge >= 0.3 is 12.1 Å². The molecule has 4 amide bonds. The molecule has 37 nitrogen and oxygen atoms in total. The lowest BCUT2D eigenvalue weighted by atomic mass is 9.80. The molecule has 1 saturated carbocycles. The first kappa shape index (κ1) is 94.8. The van der Waals surface area contributed by atoms with Gasteiger partial charge in [0.15, 0.2) is 17.0 Å². The minimum atomic E-state index is -1.77. The van der Waals surface area contributed by atoms with E-state index >= 15 is 0 Å². The highest BCUT2D eigenvalue weighted by molar-refractivity contribution is 6.38. The molecule has 134 heavy (non-hydrogen) atoms. The largest absolute Gasteiger partial charge is 0.459 e. The molecule has 0 spiro atoms. The number of hydrogen-bond donors (Lipinski definition) is 5. The van der Waals surface area contributed by atoms with E-state index in [1.54, 1.807) is 74.9 Å². The number of carbonyl (C=O) groups excluding carboxylic acids is 8. The van der Waals surface area contributed by atoms with Crippen LogP contribution in [0.25, 0.3) is 33.4 Å². The second-order valence-corrected chi connectivity index (χ2v) is 37.2. The number of carbonyl (C=O) groups is 8. The van der Waals surface area contributed by atoms with Gasteiger partial charge in [-0.2, -0.15) is 10.1 Å². The van der Waals surface area contributed by atoms with Crippen molar-refractivity contribution in [1.82, 2.24) is 74.2 Å². The van der Waals surface area contributed by atoms with Crippen LogP contribution in [0.15, 0.2) is 126 Å². The Kier molecular flexibility index (Phi) is 29.7. The van der Waals surface area contributed by atoms with Crippen molar-refractivity contribution >= 4 is 98.9 Å². The van der Waals surface area contributed by atoms with E-state index in [2.05, 4.69) is 56.8 Å². The van der Waals surface area contributed by atoms with Crippen molar-refractivity contribution in [2.45, 2.75) is 212 Å². The van der Waals surface area contributed by atoms with Gasteiger partial charge in [-0.25, -0.2) is 54.1 Å². The zero-order valence-electron chi connectivity index (χ0n) is 77.2. The summed E-state index contributed by atoms with van der Waals surface area (Å²) in [5.74, 6) is -3.89. The number of rotatable bonds is 14. The smallest absolute Gasteiger partial charge is 0.410 e. The highest BCUT2D eigenvalue weighted by Gasteiger charge is 2.46. The molecule has 8 aromatic rings. The summed E-state index contributed by atoms with van der Waals surface area (Å²) >= 11 is 0. The first-order valence-corrected chi connectivity index (χ1v) is 46.8. The fraction of sp³-hybridized carbons (Fsp3) is 0.526. The van der Waals surface area contributed by atoms with Crippen molar-refractivity contribution in [2.24, 2.45) is 35.3 Å². The average Bonchev–Trinajstić information content (AvgIpc) is 1.61. The number of methoxy groups -OCH3 is 2. The first-order valence-electron chi connectivity index (χ1n) is 46.8. The molecule has 0 radical (unpaired) electrons. The Morgan fingerprint density at radius 3 is 2.06 bits per heavy atom. The van der Waals surface area contributed by atoms with Gasteiger partial charge in [0, 0.05) is 172 Å². The molecule has 7 aliphatic heterocycles. The first-order chi connectivity index (χ1) is 64.6. The van der Waals surface area contributed by atoms with E-state index in [4.69, 9.17) is 60.4 Å². The van der Waals surface area contributed by atoms with Crippen LogP contribution in [-0.2, 0) is 80.1 Å². The van der Waals surface area contributed by atoms with Crippen LogP contribution in [0.4, 0.5) is 34.5 Å². The number of amides is 4. The fourth-order valence-corrected chi connectivity index (χ4v) is 19.8. The Morgan fingerprint density at radius 1 is 0.642 bits per heavy atom. The van der Waals surface area contributed by atoms with E-state index in [0.29, 0.717) is 212 Å². The number of aliphatic hydroxyl groups is 2. The average molecular weight is 1840 g/mol. The summed E-state index contributed by atoms with van der Waals surface area (Å²) in [6.07, 6.45) is 18.1. The van der Waals surface area contributed by atoms with Crippen LogP contribution in [0.2, 0.25) is 0 Å². The zero-order chi connectivity index (χ0) is 94.3. The third kappa shape index (κ3) is 21.5. The Labute approximate surface area is 777 Å². The van der Waals surface area contributed by atoms with E-state index in [-0.39, 0.29) is 79.6 Å². The van der Waals surface area contributed by atoms with Crippen molar-refractivity contribution in [1.29, 1.82) is 0 Å². The summed E-state index contributed by atoms with van der Waals surface area (Å²) in [5.41, 5.74) is 29.2. The van der Waals surface area contributed by atoms with Crippen LogP contribution in [0.3, 0.4) is 0 Å². The standard InChI is InChI=1S/C97H121N21O16/c1-55-14-10-9-11-15-56(2)77(129-7)44-69-22-17-57(3)86(131-69)85(123)91(126)117-27-13-12-16-73(117)92(127)132-78(45-74(119)58(4)39-60(6)83(121)84(122)82(120)59(5)38-55)70(98)41-61-19-23-76(79(42-61)130-8)134-97(128)116-29-26-71-68(53-116)50-105-96(109-71)114-36-34-113(35-37-114)95-101-46-66(47-102-95)89(124)111-30-32-112(33-31-111)94-103-48-67(49-104-94)90(125)115-28-25-63-40-62(18-20-65(63)52-115)51-118-88-80(87(99)106-54-107-88)81(110-118)64-21-24-75-72(43-64)108-93(100)133-75/h9-11,14-15,18,20-21,24,39-40,43,46-50,54-55,57-59,61,69-70,73,76-79,83-84,86,121-122H,12-13,16-17,19,22-23,25-38,41-42,44-45,51-53,98H2,1-8H3,(H2,100,108)(H2,99,106,107)/b11-9?,14-10+,56-15?,60-39+/t55-,57-,58-,59-,61+,69+,70-,73+,76-,77+,78+,79-,83-,84+,86?/m1/s1. The van der Waals surface area contributed by atoms with Gasteiger partial charge < -0.3 is 89.8 Å². The van der Waals surface area contributed by atoms with Gasteiger partial charge in [0.1, 0.15) is 65.7 Å². The summed E-state index contributed by atoms with van der Waals surface area (Å²) in [6, 6.07) is 9.73. The Hall–Kier alpha value is -12.4. The number of oxazole rings is 1. The number of anilines is 5. The van der Waals surface area contributed by atoms with Gasteiger partial charge in [0.25, 0.3) is 23.7 Å².